The van der Waals surface area contributed by atoms with Gasteiger partial charge in [-0.3, -0.25) is 4.98 Å². The molecule has 10 heteroatoms. The van der Waals surface area contributed by atoms with Gasteiger partial charge in [0.1, 0.15) is 28.8 Å². The molecule has 36 heavy (non-hydrogen) atoms. The quantitative estimate of drug-likeness (QED) is 0.127. The van der Waals surface area contributed by atoms with Crippen molar-refractivity contribution in [1.29, 1.82) is 0 Å². The summed E-state index contributed by atoms with van der Waals surface area (Å²) >= 11 is 1.58. The van der Waals surface area contributed by atoms with Gasteiger partial charge in [-0.2, -0.15) is 0 Å². The van der Waals surface area contributed by atoms with Crippen LogP contribution in [0.25, 0.3) is 21.6 Å². The normalized spacial score (nSPS) is 11.8. The number of methoxy groups -OCH3 is 1. The molecular weight excluding hydrogens is 488 g/mol. The third-order valence-corrected chi connectivity index (χ3v) is 8.53. The van der Waals surface area contributed by atoms with Gasteiger partial charge in [0.05, 0.1) is 23.9 Å². The van der Waals surface area contributed by atoms with E-state index in [-0.39, 0.29) is 0 Å². The number of hydrogen-bond acceptors (Lipinski definition) is 9. The molecule has 2 N–H and O–H groups in total. The Kier molecular flexibility index (Phi) is 8.17. The molecule has 0 saturated heterocycles. The second kappa shape index (κ2) is 11.3. The number of anilines is 3. The van der Waals surface area contributed by atoms with E-state index in [1.165, 1.54) is 0 Å². The molecule has 1 aromatic carbocycles. The molecule has 4 rings (SSSR count). The van der Waals surface area contributed by atoms with E-state index in [9.17, 15) is 0 Å². The van der Waals surface area contributed by atoms with Crippen LogP contribution in [-0.4, -0.2) is 48.7 Å². The molecule has 3 heterocycles. The fourth-order valence-electron chi connectivity index (χ4n) is 3.47. The van der Waals surface area contributed by atoms with Gasteiger partial charge in [-0.15, -0.1) is 10.2 Å². The largest absolute Gasteiger partial charge is 0.497 e. The molecule has 0 amide bonds. The predicted molar refractivity (Wildman–Crippen MR) is 151 cm³/mol. The summed E-state index contributed by atoms with van der Waals surface area (Å²) in [5.41, 5.74) is 4.14. The molecule has 0 fully saturated rings. The summed E-state index contributed by atoms with van der Waals surface area (Å²) in [6.45, 7) is 12.4. The molecule has 0 atom stereocenters. The zero-order chi connectivity index (χ0) is 25.7. The maximum absolute atomic E-state index is 5.92. The number of fused-ring (bicyclic) bond motifs is 1. The van der Waals surface area contributed by atoms with Crippen molar-refractivity contribution in [3.05, 3.63) is 47.6 Å². The molecule has 0 spiro atoms. The van der Waals surface area contributed by atoms with Gasteiger partial charge in [0, 0.05) is 38.5 Å². The Morgan fingerprint density at radius 2 is 1.92 bits per heavy atom. The number of pyridine rings is 2. The first-order chi connectivity index (χ1) is 17.2. The summed E-state index contributed by atoms with van der Waals surface area (Å²) in [7, 11) is 0.502. The van der Waals surface area contributed by atoms with Crippen molar-refractivity contribution in [3.8, 4) is 16.3 Å². The summed E-state index contributed by atoms with van der Waals surface area (Å²) in [5.74, 6) is 1.79. The Hall–Kier alpha value is -3.08. The van der Waals surface area contributed by atoms with E-state index in [4.69, 9.17) is 14.5 Å². The minimum atomic E-state index is -1.16. The SMILES string of the molecule is COc1cccc(Nc2ccnc3cc(-c4nnc(C(C)C)s4)c(NCOCC[Si](C)(C)C)nc23)c1. The summed E-state index contributed by atoms with van der Waals surface area (Å²) in [6.07, 6.45) is 1.78. The van der Waals surface area contributed by atoms with Crippen LogP contribution in [0.15, 0.2) is 42.6 Å². The van der Waals surface area contributed by atoms with Crippen LogP contribution in [0.4, 0.5) is 17.2 Å². The third-order valence-electron chi connectivity index (χ3n) is 5.56. The summed E-state index contributed by atoms with van der Waals surface area (Å²) in [5, 5.41) is 17.5. The fourth-order valence-corrected chi connectivity index (χ4v) is 5.09. The van der Waals surface area contributed by atoms with E-state index < -0.39 is 8.07 Å². The van der Waals surface area contributed by atoms with E-state index in [1.54, 1.807) is 24.6 Å². The number of rotatable bonds is 11. The van der Waals surface area contributed by atoms with Gasteiger partial charge >= 0.3 is 0 Å². The summed E-state index contributed by atoms with van der Waals surface area (Å²) < 4.78 is 11.3. The molecule has 0 aliphatic carbocycles. The lowest BCUT2D eigenvalue weighted by molar-refractivity contribution is 0.165. The molecule has 3 aromatic heterocycles. The molecule has 4 aromatic rings. The van der Waals surface area contributed by atoms with Crippen molar-refractivity contribution in [2.75, 3.05) is 31.1 Å². The zero-order valence-electron chi connectivity index (χ0n) is 21.8. The average molecular weight is 523 g/mol. The molecule has 0 radical (unpaired) electrons. The van der Waals surface area contributed by atoms with Crippen LogP contribution >= 0.6 is 11.3 Å². The number of hydrogen-bond donors (Lipinski definition) is 2. The Morgan fingerprint density at radius 1 is 1.08 bits per heavy atom. The molecule has 0 unspecified atom stereocenters. The summed E-state index contributed by atoms with van der Waals surface area (Å²) in [4.78, 5) is 9.59. The topological polar surface area (TPSA) is 94.1 Å². The average Bonchev–Trinajstić information content (AvgIpc) is 3.34. The van der Waals surface area contributed by atoms with E-state index in [1.807, 2.05) is 36.4 Å². The molecule has 8 nitrogen and oxygen atoms in total. The number of nitrogens with zero attached hydrogens (tertiary/aromatic N) is 4. The minimum Gasteiger partial charge on any atom is -0.497 e. The minimum absolute atomic E-state index is 0.308. The van der Waals surface area contributed by atoms with E-state index in [0.717, 1.165) is 56.4 Å². The molecule has 0 saturated carbocycles. The van der Waals surface area contributed by atoms with Crippen molar-refractivity contribution in [1.82, 2.24) is 20.2 Å². The van der Waals surface area contributed by atoms with Crippen LogP contribution in [0.2, 0.25) is 25.7 Å². The van der Waals surface area contributed by atoms with Crippen LogP contribution in [0.5, 0.6) is 5.75 Å². The standard InChI is InChI=1S/C26H34N6O2SSi/c1-17(2)25-31-32-26(35-25)20-15-22-23(30-24(20)28-16-34-12-13-36(4,5)6)21(10-11-27-22)29-18-8-7-9-19(14-18)33-3/h7-11,14-15,17H,12-13,16H2,1-6H3,(H,27,29)(H,28,30). The van der Waals surface area contributed by atoms with Gasteiger partial charge in [0.15, 0.2) is 5.01 Å². The summed E-state index contributed by atoms with van der Waals surface area (Å²) in [6, 6.07) is 12.9. The van der Waals surface area contributed by atoms with Crippen LogP contribution < -0.4 is 15.4 Å². The number of nitrogens with one attached hydrogen (secondary N) is 2. The van der Waals surface area contributed by atoms with Crippen LogP contribution in [0.3, 0.4) is 0 Å². The first kappa shape index (κ1) is 26.0. The Morgan fingerprint density at radius 3 is 2.64 bits per heavy atom. The van der Waals surface area contributed by atoms with Crippen molar-refractivity contribution in [2.45, 2.75) is 45.5 Å². The monoisotopic (exact) mass is 522 g/mol. The van der Waals surface area contributed by atoms with Crippen LogP contribution in [-0.2, 0) is 4.74 Å². The van der Waals surface area contributed by atoms with E-state index in [0.29, 0.717) is 18.5 Å². The third kappa shape index (κ3) is 6.57. The predicted octanol–water partition coefficient (Wildman–Crippen LogP) is 6.75. The highest BCUT2D eigenvalue weighted by Crippen LogP contribution is 2.35. The molecule has 0 bridgehead atoms. The van der Waals surface area contributed by atoms with Crippen LogP contribution in [0, 0.1) is 0 Å². The van der Waals surface area contributed by atoms with Gasteiger partial charge < -0.3 is 20.1 Å². The fraction of sp³-hybridized carbons (Fsp3) is 0.385. The second-order valence-electron chi connectivity index (χ2n) is 10.1. The zero-order valence-corrected chi connectivity index (χ0v) is 23.6. The smallest absolute Gasteiger partial charge is 0.151 e. The molecule has 0 aliphatic heterocycles. The van der Waals surface area contributed by atoms with E-state index in [2.05, 4.69) is 59.3 Å². The van der Waals surface area contributed by atoms with Crippen molar-refractivity contribution < 1.29 is 9.47 Å². The maximum atomic E-state index is 5.92. The first-order valence-electron chi connectivity index (χ1n) is 12.1. The second-order valence-corrected chi connectivity index (χ2v) is 16.7. The van der Waals surface area contributed by atoms with Gasteiger partial charge in [-0.25, -0.2) is 4.98 Å². The Bertz CT molecular complexity index is 1320. The Labute approximate surface area is 217 Å². The van der Waals surface area contributed by atoms with Crippen molar-refractivity contribution >= 4 is 47.6 Å². The lowest BCUT2D eigenvalue weighted by Gasteiger charge is -2.17. The van der Waals surface area contributed by atoms with Gasteiger partial charge in [-0.1, -0.05) is 50.9 Å². The first-order valence-corrected chi connectivity index (χ1v) is 16.6. The molecular formula is C26H34N6O2SSi. The van der Waals surface area contributed by atoms with Crippen molar-refractivity contribution in [2.24, 2.45) is 0 Å². The number of ether oxygens (including phenoxy) is 2. The van der Waals surface area contributed by atoms with Gasteiger partial charge in [-0.05, 0) is 30.3 Å². The van der Waals surface area contributed by atoms with E-state index >= 15 is 0 Å². The highest BCUT2D eigenvalue weighted by Gasteiger charge is 2.18. The number of aromatic nitrogens is 4. The molecule has 190 valence electrons. The maximum Gasteiger partial charge on any atom is 0.151 e. The highest BCUT2D eigenvalue weighted by molar-refractivity contribution is 7.14. The highest BCUT2D eigenvalue weighted by atomic mass is 32.1. The van der Waals surface area contributed by atoms with Crippen LogP contribution in [0.1, 0.15) is 24.8 Å². The lowest BCUT2D eigenvalue weighted by atomic mass is 10.2. The van der Waals surface area contributed by atoms with Gasteiger partial charge in [0.2, 0.25) is 0 Å². The molecule has 0 aliphatic rings. The number of benzene rings is 1. The van der Waals surface area contributed by atoms with Crippen molar-refractivity contribution in [3.63, 3.8) is 0 Å². The van der Waals surface area contributed by atoms with Gasteiger partial charge in [0.25, 0.3) is 0 Å². The Balaban J connectivity index is 1.68. The lowest BCUT2D eigenvalue weighted by Crippen LogP contribution is -2.22.